The lowest BCUT2D eigenvalue weighted by molar-refractivity contribution is -0.144. The van der Waals surface area contributed by atoms with Gasteiger partial charge in [-0.1, -0.05) is 36.4 Å². The molecule has 0 heterocycles. The third-order valence-electron chi connectivity index (χ3n) is 11.5. The fourth-order valence-corrected chi connectivity index (χ4v) is 13.4. The highest BCUT2D eigenvalue weighted by Gasteiger charge is 2.44. The monoisotopic (exact) mass is 1120 g/mol. The Morgan fingerprint density at radius 2 is 0.419 bits per heavy atom. The Labute approximate surface area is 403 Å². The molecule has 0 radical (unpaired) electrons. The molecule has 0 aromatic heterocycles. The van der Waals surface area contributed by atoms with E-state index in [1.165, 1.54) is 24.3 Å². The number of benzene rings is 6. The lowest BCUT2D eigenvalue weighted by Crippen LogP contribution is -2.29. The average Bonchev–Trinajstić information content (AvgIpc) is 3.25. The van der Waals surface area contributed by atoms with E-state index in [1.54, 1.807) is 0 Å². The Morgan fingerprint density at radius 1 is 0.230 bits per heavy atom. The van der Waals surface area contributed by atoms with Crippen LogP contribution in [0.15, 0.2) is 109 Å². The van der Waals surface area contributed by atoms with Gasteiger partial charge >= 0.3 is 49.4 Å². The van der Waals surface area contributed by atoms with Crippen LogP contribution in [0.25, 0.3) is 0 Å². The largest absolute Gasteiger partial charge is 0.416 e. The fourth-order valence-electron chi connectivity index (χ4n) is 8.05. The second-order valence-corrected chi connectivity index (χ2v) is 21.0. The number of aryl methyl sites for hydroxylation is 4. The van der Waals surface area contributed by atoms with Gasteiger partial charge in [-0.2, -0.15) is 105 Å². The molecule has 74 heavy (non-hydrogen) atoms. The maximum Gasteiger partial charge on any atom is 0.416 e. The molecule has 0 saturated carbocycles. The van der Waals surface area contributed by atoms with Crippen molar-refractivity contribution in [1.29, 1.82) is 0 Å². The molecule has 0 amide bonds. The molecule has 4 aliphatic rings. The van der Waals surface area contributed by atoms with Crippen LogP contribution < -0.4 is 31.8 Å². The molecular weight excluding hydrogens is 1090 g/mol. The Balaban J connectivity index is 1.49. The fraction of sp³-hybridized carbons (Fsp3) is 0.250. The summed E-state index contributed by atoms with van der Waals surface area (Å²) < 4.78 is 343. The molecule has 0 atom stereocenters. The van der Waals surface area contributed by atoms with Gasteiger partial charge in [-0.15, -0.1) is 0 Å². The molecule has 0 N–H and O–H groups in total. The summed E-state index contributed by atoms with van der Waals surface area (Å²) in [5.41, 5.74) is -16.2. The number of hydrogen-bond donors (Lipinski definition) is 0. The Bertz CT molecular complexity index is 2590. The summed E-state index contributed by atoms with van der Waals surface area (Å²) >= 11 is 0. The van der Waals surface area contributed by atoms with Crippen molar-refractivity contribution in [3.05, 3.63) is 176 Å². The van der Waals surface area contributed by atoms with Gasteiger partial charge in [-0.3, -0.25) is 0 Å². The van der Waals surface area contributed by atoms with Crippen molar-refractivity contribution in [3.63, 3.8) is 0 Å². The zero-order chi connectivity index (χ0) is 55.1. The van der Waals surface area contributed by atoms with Crippen molar-refractivity contribution >= 4 is 47.7 Å². The topological polar surface area (TPSA) is 0 Å². The zero-order valence-electron chi connectivity index (χ0n) is 36.2. The molecule has 26 heteroatoms. The maximum atomic E-state index is 14.3. The van der Waals surface area contributed by atoms with E-state index in [-0.39, 0.29) is 106 Å². The van der Waals surface area contributed by atoms with Gasteiger partial charge < -0.3 is 0 Å². The van der Waals surface area contributed by atoms with Crippen molar-refractivity contribution in [2.75, 3.05) is 0 Å². The molecule has 396 valence electrons. The first-order valence-corrected chi connectivity index (χ1v) is 23.4. The summed E-state index contributed by atoms with van der Waals surface area (Å²) in [6.45, 7) is 0. The second kappa shape index (κ2) is 19.3. The normalized spacial score (nSPS) is 14.5. The van der Waals surface area contributed by atoms with Crippen molar-refractivity contribution < 1.29 is 105 Å². The molecule has 0 fully saturated rings. The van der Waals surface area contributed by atoms with Crippen LogP contribution in [0.5, 0.6) is 0 Å². The Morgan fingerprint density at radius 3 is 0.595 bits per heavy atom. The summed E-state index contributed by atoms with van der Waals surface area (Å²) in [6.07, 6.45) is -46.5. The summed E-state index contributed by atoms with van der Waals surface area (Å²) in [7, 11) is -6.60. The first kappa shape index (κ1) is 56.2. The van der Waals surface area contributed by atoms with Gasteiger partial charge in [-0.05, 0) is 168 Å². The Hall–Kier alpha value is -5.50. The van der Waals surface area contributed by atoms with Gasteiger partial charge in [0.25, 0.3) is 0 Å². The molecule has 6 aromatic rings. The predicted octanol–water partition coefficient (Wildman–Crippen LogP) is 15.2. The highest BCUT2D eigenvalue weighted by atomic mass is 31.1. The molecule has 0 aliphatic heterocycles. The average molecular weight is 1120 g/mol. The Kier molecular flexibility index (Phi) is 14.6. The molecule has 0 unspecified atom stereocenters. The van der Waals surface area contributed by atoms with Gasteiger partial charge in [0.1, 0.15) is 0 Å². The minimum Gasteiger partial charge on any atom is -0.166 e. The van der Waals surface area contributed by atoms with Crippen LogP contribution in [0.1, 0.15) is 66.8 Å². The van der Waals surface area contributed by atoms with Crippen molar-refractivity contribution in [3.8, 4) is 0 Å². The first-order valence-electron chi connectivity index (χ1n) is 20.7. The minimum atomic E-state index is -5.57. The van der Waals surface area contributed by atoms with Crippen LogP contribution in [0.3, 0.4) is 0 Å². The van der Waals surface area contributed by atoms with Gasteiger partial charge in [0.2, 0.25) is 0 Å². The van der Waals surface area contributed by atoms with Gasteiger partial charge in [0.05, 0.1) is 44.5 Å². The second-order valence-electron chi connectivity index (χ2n) is 16.7. The minimum absolute atomic E-state index is 0.0425. The standard InChI is InChI=1S/C48H26F24P2/c49-41(50,51)27-11-28(42(52,53)54)16-35(15-27)73(36-17-29(43(55,56)57)12-30(18-36)44(58,59)60)39-9-23-1-5-25(39)8-4-24-2-6-26(7-3-23)40(10-24)74(37-19-31(45(61,62)63)13-32(20-37)46(64,65)66)38-21-33(47(67,68)69)14-34(22-38)48(70,71)72/h1-2,5-6,9-22H,3-4,7-8H2. The van der Waals surface area contributed by atoms with E-state index in [9.17, 15) is 105 Å². The third-order valence-corrected chi connectivity index (χ3v) is 16.4. The molecular formula is C48H26F24P2. The summed E-state index contributed by atoms with van der Waals surface area (Å²) in [5.74, 6) is 0. The molecule has 0 nitrogen and oxygen atoms in total. The maximum absolute atomic E-state index is 14.3. The van der Waals surface area contributed by atoms with E-state index >= 15 is 0 Å². The summed E-state index contributed by atoms with van der Waals surface area (Å²) in [6, 6.07) is 6.90. The summed E-state index contributed by atoms with van der Waals surface area (Å²) in [5, 5.41) is -4.79. The van der Waals surface area contributed by atoms with Crippen LogP contribution >= 0.6 is 15.8 Å². The van der Waals surface area contributed by atoms with Crippen LogP contribution in [0, 0.1) is 0 Å². The molecule has 10 rings (SSSR count). The predicted molar refractivity (Wildman–Crippen MR) is 225 cm³/mol. The van der Waals surface area contributed by atoms with Crippen LogP contribution in [-0.4, -0.2) is 0 Å². The van der Waals surface area contributed by atoms with E-state index in [2.05, 4.69) is 0 Å². The highest BCUT2D eigenvalue weighted by Crippen LogP contribution is 2.47. The van der Waals surface area contributed by atoms with E-state index < -0.39 is 157 Å². The number of alkyl halides is 24. The third kappa shape index (κ3) is 12.6. The van der Waals surface area contributed by atoms with Crippen molar-refractivity contribution in [2.45, 2.75) is 75.1 Å². The quantitative estimate of drug-likeness (QED) is 0.115. The number of rotatable bonds is 6. The van der Waals surface area contributed by atoms with E-state index in [0.29, 0.717) is 0 Å². The summed E-state index contributed by atoms with van der Waals surface area (Å²) in [4.78, 5) is 0. The number of halogens is 24. The molecule has 6 aromatic carbocycles. The zero-order valence-corrected chi connectivity index (χ0v) is 38.0. The lowest BCUT2D eigenvalue weighted by atomic mass is 9.96. The lowest BCUT2D eigenvalue weighted by Gasteiger charge is -2.28. The van der Waals surface area contributed by atoms with E-state index in [4.69, 9.17) is 0 Å². The van der Waals surface area contributed by atoms with Crippen LogP contribution in [-0.2, 0) is 75.1 Å². The van der Waals surface area contributed by atoms with Crippen molar-refractivity contribution in [1.82, 2.24) is 0 Å². The number of hydrogen-bond acceptors (Lipinski definition) is 0. The van der Waals surface area contributed by atoms with Crippen molar-refractivity contribution in [2.24, 2.45) is 0 Å². The highest BCUT2D eigenvalue weighted by molar-refractivity contribution is 7.80. The van der Waals surface area contributed by atoms with E-state index in [1.807, 2.05) is 0 Å². The molecule has 4 bridgehead atoms. The molecule has 0 spiro atoms. The molecule has 4 aliphatic carbocycles. The van der Waals surface area contributed by atoms with E-state index in [0.717, 1.165) is 12.1 Å². The van der Waals surface area contributed by atoms with Crippen LogP contribution in [0.4, 0.5) is 105 Å². The van der Waals surface area contributed by atoms with Gasteiger partial charge in [0, 0.05) is 0 Å². The van der Waals surface area contributed by atoms with Crippen LogP contribution in [0.2, 0.25) is 0 Å². The van der Waals surface area contributed by atoms with Gasteiger partial charge in [-0.25, -0.2) is 0 Å². The smallest absolute Gasteiger partial charge is 0.166 e. The first-order chi connectivity index (χ1) is 33.7. The molecule has 0 saturated heterocycles. The van der Waals surface area contributed by atoms with Gasteiger partial charge in [0.15, 0.2) is 0 Å². The SMILES string of the molecule is FC(F)(F)c1cc(P(c2cc(C(F)(F)F)cc(C(F)(F)F)c2)c2cc3ccc2CCc2ccc(c(P(c4cc(C(F)(F)F)cc(C(F)(F)F)c4)c4cc(C(F)(F)F)cc(C(F)(F)F)c4)c2)CC3)cc(C(F)(F)F)c1.